The summed E-state index contributed by atoms with van der Waals surface area (Å²) in [5.41, 5.74) is -1.63. The molecule has 9 nitrogen and oxygen atoms in total. The minimum absolute atomic E-state index is 0.0364. The average molecular weight is 679 g/mol. The third kappa shape index (κ3) is 6.04. The maximum Gasteiger partial charge on any atom is 0.416 e. The Hall–Kier alpha value is -2.91. The van der Waals surface area contributed by atoms with Gasteiger partial charge in [0.2, 0.25) is 11.7 Å². The van der Waals surface area contributed by atoms with Gasteiger partial charge in [0.15, 0.2) is 5.75 Å². The van der Waals surface area contributed by atoms with E-state index in [0.29, 0.717) is 42.5 Å². The number of ether oxygens (including phenoxy) is 1. The van der Waals surface area contributed by atoms with Crippen molar-refractivity contribution >= 4 is 72.4 Å². The molecule has 2 fully saturated rings. The van der Waals surface area contributed by atoms with Gasteiger partial charge in [-0.3, -0.25) is 29.4 Å². The highest BCUT2D eigenvalue weighted by Crippen LogP contribution is 2.43. The van der Waals surface area contributed by atoms with E-state index in [2.05, 4.69) is 31.9 Å². The van der Waals surface area contributed by atoms with Gasteiger partial charge in [0, 0.05) is 19.2 Å². The fourth-order valence-corrected chi connectivity index (χ4v) is 6.00. The normalized spacial score (nSPS) is 17.0. The van der Waals surface area contributed by atoms with Crippen LogP contribution in [0, 0.1) is 10.1 Å². The average Bonchev–Trinajstić information content (AvgIpc) is 3.46. The standard InChI is InChI=1S/C23H16Br2F3N3O6S/c24-14-7-12(9-18-21(33)30(22(34)38-18)11-19(32)29-5-1-2-6-29)8-15(25)20(14)37-17-4-3-13(23(26,27)28)10-16(17)31(35)36/h3-4,7-10H,1-2,5-6,11H2/b18-9-. The first-order valence-corrected chi connectivity index (χ1v) is 13.3. The number of nitro groups is 1. The molecule has 0 radical (unpaired) electrons. The number of rotatable bonds is 6. The lowest BCUT2D eigenvalue weighted by atomic mass is 10.1. The van der Waals surface area contributed by atoms with E-state index in [1.165, 1.54) is 18.2 Å². The van der Waals surface area contributed by atoms with Crippen molar-refractivity contribution in [1.82, 2.24) is 9.80 Å². The number of thioether (sulfide) groups is 1. The fraction of sp³-hybridized carbons (Fsp3) is 0.261. The van der Waals surface area contributed by atoms with Crippen LogP contribution in [0.25, 0.3) is 6.08 Å². The molecule has 3 amide bonds. The molecular weight excluding hydrogens is 663 g/mol. The molecular formula is C23H16Br2F3N3O6S. The molecule has 38 heavy (non-hydrogen) atoms. The SMILES string of the molecule is O=C(CN1C(=O)S/C(=C\c2cc(Br)c(Oc3ccc(C(F)(F)F)cc3[N+](=O)[O-])c(Br)c2)C1=O)N1CCCC1. The molecule has 0 spiro atoms. The van der Waals surface area contributed by atoms with Crippen LogP contribution >= 0.6 is 43.6 Å². The second kappa shape index (κ2) is 11.1. The zero-order chi connectivity index (χ0) is 27.8. The third-order valence-corrected chi connectivity index (χ3v) is 7.72. The number of benzene rings is 2. The first-order valence-electron chi connectivity index (χ1n) is 10.9. The molecule has 2 saturated heterocycles. The Kier molecular flexibility index (Phi) is 8.18. The molecule has 0 bridgehead atoms. The summed E-state index contributed by atoms with van der Waals surface area (Å²) < 4.78 is 45.1. The lowest BCUT2D eigenvalue weighted by Gasteiger charge is -2.18. The Bertz CT molecular complexity index is 1360. The van der Waals surface area contributed by atoms with E-state index in [4.69, 9.17) is 4.74 Å². The van der Waals surface area contributed by atoms with Crippen molar-refractivity contribution in [3.63, 3.8) is 0 Å². The van der Waals surface area contributed by atoms with Crippen LogP contribution < -0.4 is 4.74 Å². The number of amides is 3. The molecule has 0 saturated carbocycles. The summed E-state index contributed by atoms with van der Waals surface area (Å²) in [7, 11) is 0. The molecule has 0 unspecified atom stereocenters. The Morgan fingerprint density at radius 3 is 2.34 bits per heavy atom. The number of nitrogens with zero attached hydrogens (tertiary/aromatic N) is 3. The maximum atomic E-state index is 13.0. The van der Waals surface area contributed by atoms with E-state index in [1.807, 2.05) is 0 Å². The number of hydrogen-bond donors (Lipinski definition) is 0. The number of hydrogen-bond acceptors (Lipinski definition) is 7. The minimum atomic E-state index is -4.77. The number of carbonyl (C=O) groups excluding carboxylic acids is 3. The molecule has 15 heteroatoms. The van der Waals surface area contributed by atoms with Crippen LogP contribution in [0.2, 0.25) is 0 Å². The lowest BCUT2D eigenvalue weighted by molar-refractivity contribution is -0.385. The number of alkyl halides is 3. The molecule has 0 N–H and O–H groups in total. The number of nitro benzene ring substituents is 1. The first-order chi connectivity index (χ1) is 17.8. The summed E-state index contributed by atoms with van der Waals surface area (Å²) in [4.78, 5) is 50.6. The molecule has 2 aliphatic rings. The zero-order valence-electron chi connectivity index (χ0n) is 19.1. The predicted molar refractivity (Wildman–Crippen MR) is 139 cm³/mol. The van der Waals surface area contributed by atoms with Gasteiger partial charge in [-0.05, 0) is 92.4 Å². The maximum absolute atomic E-state index is 13.0. The van der Waals surface area contributed by atoms with E-state index in [-0.39, 0.29) is 32.1 Å². The minimum Gasteiger partial charge on any atom is -0.448 e. The predicted octanol–water partition coefficient (Wildman–Crippen LogP) is 6.59. The number of likely N-dealkylation sites (tertiary alicyclic amines) is 1. The van der Waals surface area contributed by atoms with Gasteiger partial charge in [-0.1, -0.05) is 0 Å². The van der Waals surface area contributed by atoms with E-state index in [1.54, 1.807) is 4.90 Å². The van der Waals surface area contributed by atoms with Crippen molar-refractivity contribution in [3.05, 3.63) is 65.4 Å². The van der Waals surface area contributed by atoms with E-state index < -0.39 is 39.2 Å². The first kappa shape index (κ1) is 28.1. The van der Waals surface area contributed by atoms with Gasteiger partial charge in [0.05, 0.1) is 24.3 Å². The second-order valence-electron chi connectivity index (χ2n) is 8.21. The summed E-state index contributed by atoms with van der Waals surface area (Å²) in [6.45, 7) is 0.849. The van der Waals surface area contributed by atoms with Crippen LogP contribution in [-0.4, -0.2) is 51.4 Å². The van der Waals surface area contributed by atoms with Crippen molar-refractivity contribution in [2.75, 3.05) is 19.6 Å². The summed E-state index contributed by atoms with van der Waals surface area (Å²) >= 11 is 7.22. The molecule has 0 aliphatic carbocycles. The number of imide groups is 1. The van der Waals surface area contributed by atoms with E-state index in [0.717, 1.165) is 23.8 Å². The van der Waals surface area contributed by atoms with Gasteiger partial charge < -0.3 is 9.64 Å². The highest BCUT2D eigenvalue weighted by molar-refractivity contribution is 9.11. The highest BCUT2D eigenvalue weighted by atomic mass is 79.9. The van der Waals surface area contributed by atoms with Gasteiger partial charge >= 0.3 is 11.9 Å². The van der Waals surface area contributed by atoms with Crippen molar-refractivity contribution in [1.29, 1.82) is 0 Å². The van der Waals surface area contributed by atoms with Gasteiger partial charge in [-0.25, -0.2) is 0 Å². The van der Waals surface area contributed by atoms with Crippen molar-refractivity contribution < 1.29 is 37.2 Å². The Balaban J connectivity index is 1.55. The van der Waals surface area contributed by atoms with Crippen LogP contribution in [0.15, 0.2) is 44.2 Å². The van der Waals surface area contributed by atoms with Gasteiger partial charge in [-0.15, -0.1) is 0 Å². The van der Waals surface area contributed by atoms with Crippen molar-refractivity contribution in [3.8, 4) is 11.5 Å². The van der Waals surface area contributed by atoms with Crippen molar-refractivity contribution in [2.45, 2.75) is 19.0 Å². The highest BCUT2D eigenvalue weighted by Gasteiger charge is 2.37. The van der Waals surface area contributed by atoms with E-state index in [9.17, 15) is 37.7 Å². The zero-order valence-corrected chi connectivity index (χ0v) is 23.1. The molecule has 2 aromatic rings. The Morgan fingerprint density at radius 1 is 1.13 bits per heavy atom. The lowest BCUT2D eigenvalue weighted by Crippen LogP contribution is -2.40. The summed E-state index contributed by atoms with van der Waals surface area (Å²) in [5, 5.41) is 10.8. The van der Waals surface area contributed by atoms with Crippen LogP contribution in [0.4, 0.5) is 23.7 Å². The monoisotopic (exact) mass is 677 g/mol. The van der Waals surface area contributed by atoms with Crippen molar-refractivity contribution in [2.24, 2.45) is 0 Å². The molecule has 2 aromatic carbocycles. The summed E-state index contributed by atoms with van der Waals surface area (Å²) in [6, 6.07) is 4.91. The third-order valence-electron chi connectivity index (χ3n) is 5.64. The van der Waals surface area contributed by atoms with Crippen LogP contribution in [-0.2, 0) is 15.8 Å². The molecule has 200 valence electrons. The molecule has 0 atom stereocenters. The number of carbonyl (C=O) groups is 3. The Labute approximate surface area is 234 Å². The van der Waals surface area contributed by atoms with Gasteiger partial charge in [-0.2, -0.15) is 13.2 Å². The summed E-state index contributed by atoms with van der Waals surface area (Å²) in [6.07, 6.45) is -1.58. The smallest absolute Gasteiger partial charge is 0.416 e. The topological polar surface area (TPSA) is 110 Å². The molecule has 2 aliphatic heterocycles. The van der Waals surface area contributed by atoms with Crippen LogP contribution in [0.1, 0.15) is 24.0 Å². The molecule has 0 aromatic heterocycles. The van der Waals surface area contributed by atoms with Gasteiger partial charge in [0.1, 0.15) is 6.54 Å². The Morgan fingerprint density at radius 2 is 1.76 bits per heavy atom. The second-order valence-corrected chi connectivity index (χ2v) is 10.9. The number of halogens is 5. The van der Waals surface area contributed by atoms with E-state index >= 15 is 0 Å². The quantitative estimate of drug-likeness (QED) is 0.193. The largest absolute Gasteiger partial charge is 0.448 e. The van der Waals surface area contributed by atoms with Gasteiger partial charge in [0.25, 0.3) is 11.1 Å². The van der Waals surface area contributed by atoms with Crippen LogP contribution in [0.5, 0.6) is 11.5 Å². The fourth-order valence-electron chi connectivity index (χ4n) is 3.78. The summed E-state index contributed by atoms with van der Waals surface area (Å²) in [5.74, 6) is -1.29. The molecule has 2 heterocycles. The molecule has 4 rings (SSSR count). The van der Waals surface area contributed by atoms with Crippen LogP contribution in [0.3, 0.4) is 0 Å².